The number of benzene rings is 1. The predicted molar refractivity (Wildman–Crippen MR) is 147 cm³/mol. The van der Waals surface area contributed by atoms with E-state index in [0.29, 0.717) is 24.6 Å². The number of hydrogen-bond acceptors (Lipinski definition) is 11. The number of piperazine rings is 1. The molecule has 0 atom stereocenters. The fourth-order valence-electron chi connectivity index (χ4n) is 4.99. The van der Waals surface area contributed by atoms with E-state index in [4.69, 9.17) is 25.4 Å². The molecule has 0 aliphatic carbocycles. The molecule has 11 nitrogen and oxygen atoms in total. The Kier molecular flexibility index (Phi) is 6.95. The molecule has 3 aromatic heterocycles. The lowest BCUT2D eigenvalue weighted by Gasteiger charge is -2.36. The number of aromatic nitrogens is 5. The first-order chi connectivity index (χ1) is 18.7. The molecule has 4 aromatic rings. The fraction of sp³-hybridized carbons (Fsp3) is 0.370. The third-order valence-corrected chi connectivity index (χ3v) is 7.09. The Labute approximate surface area is 220 Å². The van der Waals surface area contributed by atoms with Gasteiger partial charge < -0.3 is 25.4 Å². The van der Waals surface area contributed by atoms with Crippen molar-refractivity contribution in [1.82, 2.24) is 29.8 Å². The summed E-state index contributed by atoms with van der Waals surface area (Å²) >= 11 is 0. The number of rotatable bonds is 6. The van der Waals surface area contributed by atoms with Gasteiger partial charge in [-0.05, 0) is 23.8 Å². The molecular weight excluding hydrogens is 482 g/mol. The van der Waals surface area contributed by atoms with E-state index in [-0.39, 0.29) is 12.6 Å². The molecule has 6 rings (SSSR count). The zero-order valence-corrected chi connectivity index (χ0v) is 21.2. The minimum atomic E-state index is 0.203. The van der Waals surface area contributed by atoms with Gasteiger partial charge >= 0.3 is 0 Å². The van der Waals surface area contributed by atoms with E-state index in [9.17, 15) is 5.11 Å². The van der Waals surface area contributed by atoms with E-state index >= 15 is 0 Å². The molecule has 2 aliphatic heterocycles. The van der Waals surface area contributed by atoms with E-state index in [1.807, 2.05) is 6.20 Å². The second kappa shape index (κ2) is 10.8. The van der Waals surface area contributed by atoms with Gasteiger partial charge in [-0.3, -0.25) is 9.88 Å². The predicted octanol–water partition coefficient (Wildman–Crippen LogP) is 1.68. The largest absolute Gasteiger partial charge is 0.395 e. The molecule has 0 bridgehead atoms. The first kappa shape index (κ1) is 24.4. The van der Waals surface area contributed by atoms with Crippen LogP contribution in [-0.4, -0.2) is 101 Å². The number of fused-ring (bicyclic) bond motifs is 1. The van der Waals surface area contributed by atoms with Crippen LogP contribution in [0.4, 0.5) is 17.5 Å². The van der Waals surface area contributed by atoms with Crippen molar-refractivity contribution in [3.63, 3.8) is 0 Å². The second-order valence-corrected chi connectivity index (χ2v) is 9.49. The van der Waals surface area contributed by atoms with E-state index in [1.54, 1.807) is 12.4 Å². The van der Waals surface area contributed by atoms with Crippen LogP contribution >= 0.6 is 0 Å². The molecule has 2 aliphatic rings. The van der Waals surface area contributed by atoms with Gasteiger partial charge in [0.2, 0.25) is 5.95 Å². The van der Waals surface area contributed by atoms with Crippen molar-refractivity contribution in [2.75, 3.05) is 81.2 Å². The summed E-state index contributed by atoms with van der Waals surface area (Å²) in [6.45, 7) is 7.45. The zero-order chi connectivity index (χ0) is 25.9. The number of nitrogens with zero attached hydrogens (tertiary/aromatic N) is 8. The van der Waals surface area contributed by atoms with Gasteiger partial charge in [-0.2, -0.15) is 0 Å². The van der Waals surface area contributed by atoms with E-state index in [1.165, 1.54) is 5.69 Å². The summed E-state index contributed by atoms with van der Waals surface area (Å²) < 4.78 is 5.56. The van der Waals surface area contributed by atoms with Crippen molar-refractivity contribution in [1.29, 1.82) is 0 Å². The molecule has 196 valence electrons. The molecule has 38 heavy (non-hydrogen) atoms. The SMILES string of the molecule is Nc1ncc(-c2nc(N3CCOCC3)c3ncc(-c4cccc(N5CCN(CCO)CC5)c4)cc3n2)cn1. The zero-order valence-electron chi connectivity index (χ0n) is 21.2. The quantitative estimate of drug-likeness (QED) is 0.391. The van der Waals surface area contributed by atoms with E-state index < -0.39 is 0 Å². The Hall–Kier alpha value is -3.93. The van der Waals surface area contributed by atoms with Crippen LogP contribution in [0.15, 0.2) is 48.9 Å². The molecule has 5 heterocycles. The molecule has 1 aromatic carbocycles. The van der Waals surface area contributed by atoms with Gasteiger partial charge in [-0.25, -0.2) is 19.9 Å². The number of ether oxygens (including phenoxy) is 1. The van der Waals surface area contributed by atoms with Gasteiger partial charge in [0.15, 0.2) is 11.6 Å². The molecule has 3 N–H and O–H groups in total. The second-order valence-electron chi connectivity index (χ2n) is 9.49. The van der Waals surface area contributed by atoms with Crippen molar-refractivity contribution in [2.24, 2.45) is 0 Å². The molecule has 0 saturated carbocycles. The van der Waals surface area contributed by atoms with Gasteiger partial charge in [0.1, 0.15) is 5.52 Å². The van der Waals surface area contributed by atoms with Crippen LogP contribution in [0, 0.1) is 0 Å². The smallest absolute Gasteiger partial charge is 0.219 e. The molecule has 0 spiro atoms. The Morgan fingerprint density at radius 2 is 1.58 bits per heavy atom. The van der Waals surface area contributed by atoms with Crippen molar-refractivity contribution in [3.8, 4) is 22.5 Å². The topological polar surface area (TPSA) is 130 Å². The highest BCUT2D eigenvalue weighted by atomic mass is 16.5. The first-order valence-corrected chi connectivity index (χ1v) is 12.9. The van der Waals surface area contributed by atoms with Crippen molar-refractivity contribution < 1.29 is 9.84 Å². The van der Waals surface area contributed by atoms with Crippen LogP contribution < -0.4 is 15.5 Å². The minimum absolute atomic E-state index is 0.203. The number of aliphatic hydroxyl groups is 1. The van der Waals surface area contributed by atoms with Crippen LogP contribution in [0.2, 0.25) is 0 Å². The minimum Gasteiger partial charge on any atom is -0.395 e. The van der Waals surface area contributed by atoms with Crippen molar-refractivity contribution >= 4 is 28.5 Å². The molecule has 0 unspecified atom stereocenters. The molecule has 2 fully saturated rings. The number of pyridine rings is 1. The lowest BCUT2D eigenvalue weighted by molar-refractivity contribution is 0.122. The highest BCUT2D eigenvalue weighted by Crippen LogP contribution is 2.31. The summed E-state index contributed by atoms with van der Waals surface area (Å²) in [5, 5.41) is 9.23. The lowest BCUT2D eigenvalue weighted by Crippen LogP contribution is -2.47. The number of nitrogen functional groups attached to an aromatic ring is 1. The molecule has 0 radical (unpaired) electrons. The van der Waals surface area contributed by atoms with Crippen LogP contribution in [0.25, 0.3) is 33.5 Å². The number of anilines is 3. The third kappa shape index (κ3) is 5.08. The molecule has 2 saturated heterocycles. The maximum atomic E-state index is 9.23. The average molecular weight is 514 g/mol. The van der Waals surface area contributed by atoms with E-state index in [2.05, 4.69) is 55.0 Å². The summed E-state index contributed by atoms with van der Waals surface area (Å²) in [4.78, 5) is 29.7. The third-order valence-electron chi connectivity index (χ3n) is 7.09. The van der Waals surface area contributed by atoms with Gasteiger partial charge in [0, 0.05) is 75.7 Å². The Morgan fingerprint density at radius 3 is 2.34 bits per heavy atom. The normalized spacial score (nSPS) is 16.8. The Morgan fingerprint density at radius 1 is 0.816 bits per heavy atom. The summed E-state index contributed by atoms with van der Waals surface area (Å²) in [7, 11) is 0. The molecule has 11 heteroatoms. The summed E-state index contributed by atoms with van der Waals surface area (Å²) in [5.41, 5.74) is 11.2. The van der Waals surface area contributed by atoms with Crippen LogP contribution in [0.5, 0.6) is 0 Å². The van der Waals surface area contributed by atoms with Crippen molar-refractivity contribution in [2.45, 2.75) is 0 Å². The fourth-order valence-corrected chi connectivity index (χ4v) is 4.99. The highest BCUT2D eigenvalue weighted by Gasteiger charge is 2.21. The molecule has 0 amide bonds. The van der Waals surface area contributed by atoms with Crippen LogP contribution in [0.1, 0.15) is 0 Å². The van der Waals surface area contributed by atoms with Crippen LogP contribution in [0.3, 0.4) is 0 Å². The number of hydrogen-bond donors (Lipinski definition) is 2. The number of nitrogens with two attached hydrogens (primary N) is 1. The van der Waals surface area contributed by atoms with Crippen LogP contribution in [-0.2, 0) is 4.74 Å². The summed E-state index contributed by atoms with van der Waals surface area (Å²) in [6.07, 6.45) is 5.20. The number of β-amino-alcohol motifs (C(OH)–C–C–N with tert-alkyl or cyclic N) is 1. The first-order valence-electron chi connectivity index (χ1n) is 12.9. The monoisotopic (exact) mass is 513 g/mol. The number of aliphatic hydroxyl groups excluding tert-OH is 1. The summed E-state index contributed by atoms with van der Waals surface area (Å²) in [6, 6.07) is 10.6. The van der Waals surface area contributed by atoms with Gasteiger partial charge in [0.05, 0.1) is 30.9 Å². The highest BCUT2D eigenvalue weighted by molar-refractivity contribution is 5.90. The summed E-state index contributed by atoms with van der Waals surface area (Å²) in [5.74, 6) is 1.53. The van der Waals surface area contributed by atoms with Gasteiger partial charge in [-0.1, -0.05) is 12.1 Å². The van der Waals surface area contributed by atoms with Crippen molar-refractivity contribution in [3.05, 3.63) is 48.9 Å². The van der Waals surface area contributed by atoms with E-state index in [0.717, 1.165) is 73.8 Å². The Balaban J connectivity index is 1.36. The van der Waals surface area contributed by atoms with Gasteiger partial charge in [-0.15, -0.1) is 0 Å². The lowest BCUT2D eigenvalue weighted by atomic mass is 10.1. The maximum absolute atomic E-state index is 9.23. The standard InChI is InChI=1S/C27H31N9O2/c28-27-30-17-21(18-31-27)25-32-23-15-20(16-29-24(23)26(33-25)36-9-12-38-13-10-36)19-2-1-3-22(14-19)35-6-4-34(5-7-35)8-11-37/h1-3,14-18,37H,4-13H2,(H2,28,30,31). The van der Waals surface area contributed by atoms with Gasteiger partial charge in [0.25, 0.3) is 0 Å². The average Bonchev–Trinajstić information content (AvgIpc) is 2.98. The molecular formula is C27H31N9O2. The maximum Gasteiger partial charge on any atom is 0.219 e. The Bertz CT molecular complexity index is 1400. The number of morpholine rings is 1.